The van der Waals surface area contributed by atoms with Crippen molar-refractivity contribution in [2.45, 2.75) is 52.6 Å². The molecule has 0 spiro atoms. The first-order chi connectivity index (χ1) is 12.4. The van der Waals surface area contributed by atoms with Crippen LogP contribution in [0.25, 0.3) is 0 Å². The number of nitrogens with zero attached hydrogens (tertiary/aromatic N) is 1. The maximum atomic E-state index is 12.3. The summed E-state index contributed by atoms with van der Waals surface area (Å²) in [5, 5.41) is 9.63. The van der Waals surface area contributed by atoms with E-state index in [-0.39, 0.29) is 11.4 Å². The lowest BCUT2D eigenvalue weighted by atomic mass is 10.1. The number of guanidine groups is 1. The number of rotatable bonds is 9. The first-order valence-electron chi connectivity index (χ1n) is 9.28. The van der Waals surface area contributed by atoms with Gasteiger partial charge < -0.3 is 16.0 Å². The van der Waals surface area contributed by atoms with Gasteiger partial charge in [-0.2, -0.15) is 11.8 Å². The van der Waals surface area contributed by atoms with E-state index < -0.39 is 0 Å². The lowest BCUT2D eigenvalue weighted by molar-refractivity contribution is 0.0919. The molecule has 0 unspecified atom stereocenters. The maximum absolute atomic E-state index is 12.3. The van der Waals surface area contributed by atoms with Gasteiger partial charge in [0.2, 0.25) is 0 Å². The summed E-state index contributed by atoms with van der Waals surface area (Å²) in [4.78, 5) is 16.9. The fourth-order valence-electron chi connectivity index (χ4n) is 2.31. The van der Waals surface area contributed by atoms with Crippen molar-refractivity contribution < 1.29 is 4.79 Å². The molecule has 0 aliphatic carbocycles. The van der Waals surface area contributed by atoms with Gasteiger partial charge in [0.1, 0.15) is 0 Å². The number of benzene rings is 1. The Morgan fingerprint density at radius 2 is 1.96 bits per heavy atom. The van der Waals surface area contributed by atoms with Crippen LogP contribution in [0.1, 0.15) is 56.5 Å². The van der Waals surface area contributed by atoms with Crippen molar-refractivity contribution >= 4 is 23.6 Å². The molecule has 0 radical (unpaired) electrons. The second-order valence-corrected chi connectivity index (χ2v) is 8.21. The topological polar surface area (TPSA) is 65.5 Å². The van der Waals surface area contributed by atoms with Gasteiger partial charge in [-0.25, -0.2) is 4.99 Å². The number of nitrogens with one attached hydrogen (secondary N) is 3. The van der Waals surface area contributed by atoms with E-state index in [1.54, 1.807) is 0 Å². The average Bonchev–Trinajstić information content (AvgIpc) is 2.58. The zero-order valence-corrected chi connectivity index (χ0v) is 17.6. The first kappa shape index (κ1) is 22.4. The SMILES string of the molecule is CCNC(=NCc1cccc(C(=O)NC(C)(C)C)c1)NCCCCSC. The van der Waals surface area contributed by atoms with Crippen molar-refractivity contribution in [3.63, 3.8) is 0 Å². The standard InChI is InChI=1S/C20H34N4OS/c1-6-21-19(22-12-7-8-13-26-5)23-15-16-10-9-11-17(14-16)18(25)24-20(2,3)4/h9-11,14H,6-8,12-13,15H2,1-5H3,(H,24,25)(H2,21,22,23). The van der Waals surface area contributed by atoms with Crippen LogP contribution in [0.4, 0.5) is 0 Å². The lowest BCUT2D eigenvalue weighted by Gasteiger charge is -2.20. The van der Waals surface area contributed by atoms with E-state index >= 15 is 0 Å². The molecule has 0 aliphatic rings. The highest BCUT2D eigenvalue weighted by atomic mass is 32.2. The van der Waals surface area contributed by atoms with Crippen LogP contribution in [0.5, 0.6) is 0 Å². The van der Waals surface area contributed by atoms with Crippen LogP contribution in [0.3, 0.4) is 0 Å². The number of carbonyl (C=O) groups is 1. The molecular formula is C20H34N4OS. The molecule has 5 nitrogen and oxygen atoms in total. The summed E-state index contributed by atoms with van der Waals surface area (Å²) < 4.78 is 0. The van der Waals surface area contributed by atoms with Gasteiger partial charge in [0, 0.05) is 24.2 Å². The van der Waals surface area contributed by atoms with Gasteiger partial charge in [-0.1, -0.05) is 12.1 Å². The van der Waals surface area contributed by atoms with Crippen LogP contribution >= 0.6 is 11.8 Å². The largest absolute Gasteiger partial charge is 0.357 e. The Balaban J connectivity index is 2.65. The lowest BCUT2D eigenvalue weighted by Crippen LogP contribution is -2.40. The molecule has 0 heterocycles. The third-order valence-corrected chi connectivity index (χ3v) is 4.21. The van der Waals surface area contributed by atoms with Crippen molar-refractivity contribution in [2.24, 2.45) is 4.99 Å². The summed E-state index contributed by atoms with van der Waals surface area (Å²) in [5.74, 6) is 1.96. The van der Waals surface area contributed by atoms with Gasteiger partial charge in [-0.15, -0.1) is 0 Å². The zero-order chi connectivity index (χ0) is 19.4. The minimum Gasteiger partial charge on any atom is -0.357 e. The Hall–Kier alpha value is -1.69. The van der Waals surface area contributed by atoms with E-state index in [0.717, 1.165) is 31.0 Å². The molecule has 3 N–H and O–H groups in total. The van der Waals surface area contributed by atoms with Gasteiger partial charge in [0.25, 0.3) is 5.91 Å². The predicted molar refractivity (Wildman–Crippen MR) is 114 cm³/mol. The Bertz CT molecular complexity index is 581. The number of carbonyl (C=O) groups excluding carboxylic acids is 1. The Kier molecular flexibility index (Phi) is 10.2. The van der Waals surface area contributed by atoms with E-state index in [9.17, 15) is 4.79 Å². The van der Waals surface area contributed by atoms with Crippen LogP contribution < -0.4 is 16.0 Å². The number of aliphatic imine (C=N–C) groups is 1. The zero-order valence-electron chi connectivity index (χ0n) is 16.8. The van der Waals surface area contributed by atoms with E-state index in [1.165, 1.54) is 12.2 Å². The van der Waals surface area contributed by atoms with Gasteiger partial charge in [-0.05, 0) is 70.2 Å². The van der Waals surface area contributed by atoms with Crippen molar-refractivity contribution in [1.29, 1.82) is 0 Å². The molecule has 26 heavy (non-hydrogen) atoms. The van der Waals surface area contributed by atoms with Gasteiger partial charge in [0.15, 0.2) is 5.96 Å². The highest BCUT2D eigenvalue weighted by molar-refractivity contribution is 7.98. The molecule has 0 aromatic heterocycles. The second kappa shape index (κ2) is 11.8. The third kappa shape index (κ3) is 9.70. The van der Waals surface area contributed by atoms with Crippen molar-refractivity contribution in [3.8, 4) is 0 Å². The van der Waals surface area contributed by atoms with E-state index in [2.05, 4.69) is 34.1 Å². The highest BCUT2D eigenvalue weighted by Gasteiger charge is 2.15. The van der Waals surface area contributed by atoms with Gasteiger partial charge in [0.05, 0.1) is 6.54 Å². The molecule has 0 atom stereocenters. The molecule has 1 aromatic rings. The van der Waals surface area contributed by atoms with E-state index in [0.29, 0.717) is 12.1 Å². The number of hydrogen-bond acceptors (Lipinski definition) is 3. The fourth-order valence-corrected chi connectivity index (χ4v) is 2.81. The molecule has 1 amide bonds. The van der Waals surface area contributed by atoms with Crippen molar-refractivity contribution in [2.75, 3.05) is 25.1 Å². The monoisotopic (exact) mass is 378 g/mol. The van der Waals surface area contributed by atoms with Gasteiger partial charge in [-0.3, -0.25) is 4.79 Å². The van der Waals surface area contributed by atoms with Gasteiger partial charge >= 0.3 is 0 Å². The normalized spacial score (nSPS) is 12.0. The smallest absolute Gasteiger partial charge is 0.251 e. The van der Waals surface area contributed by atoms with Crippen LogP contribution in [-0.2, 0) is 6.54 Å². The molecule has 0 aliphatic heterocycles. The maximum Gasteiger partial charge on any atom is 0.251 e. The molecule has 0 saturated heterocycles. The molecule has 6 heteroatoms. The summed E-state index contributed by atoms with van der Waals surface area (Å²) in [6.07, 6.45) is 4.47. The van der Waals surface area contributed by atoms with Crippen LogP contribution in [-0.4, -0.2) is 42.5 Å². The minimum absolute atomic E-state index is 0.0536. The Morgan fingerprint density at radius 1 is 1.19 bits per heavy atom. The predicted octanol–water partition coefficient (Wildman–Crippen LogP) is 3.41. The molecule has 0 fully saturated rings. The first-order valence-corrected chi connectivity index (χ1v) is 10.7. The Morgan fingerprint density at radius 3 is 2.62 bits per heavy atom. The molecular weight excluding hydrogens is 344 g/mol. The summed E-state index contributed by atoms with van der Waals surface area (Å²) in [7, 11) is 0. The van der Waals surface area contributed by atoms with E-state index in [4.69, 9.17) is 0 Å². The quantitative estimate of drug-likeness (QED) is 0.350. The summed E-state index contributed by atoms with van der Waals surface area (Å²) in [6.45, 7) is 10.3. The van der Waals surface area contributed by atoms with E-state index in [1.807, 2.05) is 56.8 Å². The molecule has 1 aromatic carbocycles. The van der Waals surface area contributed by atoms with Crippen LogP contribution in [0.15, 0.2) is 29.3 Å². The number of thioether (sulfide) groups is 1. The number of amides is 1. The average molecular weight is 379 g/mol. The second-order valence-electron chi connectivity index (χ2n) is 7.23. The number of hydrogen-bond donors (Lipinski definition) is 3. The van der Waals surface area contributed by atoms with Crippen LogP contribution in [0, 0.1) is 0 Å². The van der Waals surface area contributed by atoms with Crippen molar-refractivity contribution in [1.82, 2.24) is 16.0 Å². The van der Waals surface area contributed by atoms with Crippen LogP contribution in [0.2, 0.25) is 0 Å². The molecule has 146 valence electrons. The third-order valence-electron chi connectivity index (χ3n) is 3.51. The molecule has 0 saturated carbocycles. The molecule has 1 rings (SSSR count). The summed E-state index contributed by atoms with van der Waals surface area (Å²) in [5.41, 5.74) is 1.44. The van der Waals surface area contributed by atoms with Crippen molar-refractivity contribution in [3.05, 3.63) is 35.4 Å². The summed E-state index contributed by atoms with van der Waals surface area (Å²) >= 11 is 1.88. The summed E-state index contributed by atoms with van der Waals surface area (Å²) in [6, 6.07) is 7.65. The fraction of sp³-hybridized carbons (Fsp3) is 0.600. The molecule has 0 bridgehead atoms. The Labute approximate surface area is 162 Å². The highest BCUT2D eigenvalue weighted by Crippen LogP contribution is 2.09. The minimum atomic E-state index is -0.246. The number of unbranched alkanes of at least 4 members (excludes halogenated alkanes) is 1.